The molecule has 2 rings (SSSR count). The van der Waals surface area contributed by atoms with Crippen LogP contribution in [0, 0.1) is 0 Å². The first-order valence-electron chi connectivity index (χ1n) is 6.29. The predicted molar refractivity (Wildman–Crippen MR) is 75.0 cm³/mol. The third-order valence-corrected chi connectivity index (χ3v) is 3.70. The van der Waals surface area contributed by atoms with Crippen LogP contribution in [-0.4, -0.2) is 55.2 Å². The molecule has 19 heavy (non-hydrogen) atoms. The van der Waals surface area contributed by atoms with E-state index in [1.807, 2.05) is 0 Å². The summed E-state index contributed by atoms with van der Waals surface area (Å²) in [5.74, 6) is -0.184. The summed E-state index contributed by atoms with van der Waals surface area (Å²) in [6, 6.07) is 1.53. The van der Waals surface area contributed by atoms with E-state index in [1.165, 1.54) is 6.07 Å². The van der Waals surface area contributed by atoms with E-state index >= 15 is 0 Å². The first-order chi connectivity index (χ1) is 9.16. The van der Waals surface area contributed by atoms with E-state index in [1.54, 1.807) is 0 Å². The second kappa shape index (κ2) is 7.14. The second-order valence-electron chi connectivity index (χ2n) is 4.41. The molecule has 1 aromatic rings. The summed E-state index contributed by atoms with van der Waals surface area (Å²) >= 11 is 11.5. The van der Waals surface area contributed by atoms with Crippen LogP contribution in [0.3, 0.4) is 0 Å². The summed E-state index contributed by atoms with van der Waals surface area (Å²) in [6.07, 6.45) is 0.911. The number of hydrogen-bond donors (Lipinski definition) is 2. The number of aromatic nitrogens is 1. The Labute approximate surface area is 122 Å². The Bertz CT molecular complexity index is 411. The maximum absolute atomic E-state index is 11.8. The standard InChI is InChI=1S/C12H17Cl2N3O2/c13-9-8-10(16-11(9)14)12(18)15-2-1-3-17-4-6-19-7-5-17/h8,16H,1-7H2,(H,15,18). The van der Waals surface area contributed by atoms with Gasteiger partial charge in [-0.25, -0.2) is 0 Å². The molecular weight excluding hydrogens is 289 g/mol. The summed E-state index contributed by atoms with van der Waals surface area (Å²) in [6.45, 7) is 5.13. The van der Waals surface area contributed by atoms with E-state index in [9.17, 15) is 4.79 Å². The third-order valence-electron chi connectivity index (χ3n) is 3.01. The summed E-state index contributed by atoms with van der Waals surface area (Å²) in [7, 11) is 0. The van der Waals surface area contributed by atoms with E-state index in [0.717, 1.165) is 39.3 Å². The largest absolute Gasteiger partial charge is 0.379 e. The highest BCUT2D eigenvalue weighted by molar-refractivity contribution is 6.41. The molecule has 1 saturated heterocycles. The lowest BCUT2D eigenvalue weighted by Crippen LogP contribution is -2.38. The van der Waals surface area contributed by atoms with Gasteiger partial charge in [0, 0.05) is 19.6 Å². The van der Waals surface area contributed by atoms with E-state index in [-0.39, 0.29) is 5.91 Å². The number of nitrogens with one attached hydrogen (secondary N) is 2. The van der Waals surface area contributed by atoms with Crippen LogP contribution in [0.15, 0.2) is 6.07 Å². The molecule has 1 aliphatic rings. The molecule has 0 bridgehead atoms. The van der Waals surface area contributed by atoms with Crippen molar-refractivity contribution >= 4 is 29.1 Å². The van der Waals surface area contributed by atoms with Crippen LogP contribution >= 0.6 is 23.2 Å². The molecule has 1 fully saturated rings. The van der Waals surface area contributed by atoms with Crippen LogP contribution in [0.25, 0.3) is 0 Å². The van der Waals surface area contributed by atoms with Gasteiger partial charge in [-0.2, -0.15) is 0 Å². The molecule has 1 amide bonds. The average Bonchev–Trinajstić information content (AvgIpc) is 2.76. The molecule has 7 heteroatoms. The molecule has 0 aliphatic carbocycles. The Balaban J connectivity index is 1.66. The zero-order chi connectivity index (χ0) is 13.7. The lowest BCUT2D eigenvalue weighted by atomic mass is 10.3. The molecule has 0 saturated carbocycles. The average molecular weight is 306 g/mol. The minimum atomic E-state index is -0.184. The highest BCUT2D eigenvalue weighted by atomic mass is 35.5. The zero-order valence-corrected chi connectivity index (χ0v) is 12.1. The van der Waals surface area contributed by atoms with Crippen LogP contribution in [0.5, 0.6) is 0 Å². The van der Waals surface area contributed by atoms with Gasteiger partial charge in [-0.3, -0.25) is 9.69 Å². The molecule has 1 aliphatic heterocycles. The number of rotatable bonds is 5. The fourth-order valence-electron chi connectivity index (χ4n) is 1.95. The van der Waals surface area contributed by atoms with Crippen molar-refractivity contribution in [3.63, 3.8) is 0 Å². The van der Waals surface area contributed by atoms with Gasteiger partial charge in [0.25, 0.3) is 5.91 Å². The number of H-pyrrole nitrogens is 1. The van der Waals surface area contributed by atoms with Gasteiger partial charge in [-0.15, -0.1) is 0 Å². The highest BCUT2D eigenvalue weighted by Gasteiger charge is 2.12. The first kappa shape index (κ1) is 14.7. The molecule has 0 radical (unpaired) electrons. The van der Waals surface area contributed by atoms with Gasteiger partial charge in [-0.1, -0.05) is 23.2 Å². The van der Waals surface area contributed by atoms with Crippen LogP contribution < -0.4 is 5.32 Å². The third kappa shape index (κ3) is 4.38. The topological polar surface area (TPSA) is 57.4 Å². The van der Waals surface area contributed by atoms with Gasteiger partial charge in [0.05, 0.1) is 18.2 Å². The number of nitrogens with zero attached hydrogens (tertiary/aromatic N) is 1. The number of hydrogen-bond acceptors (Lipinski definition) is 3. The minimum Gasteiger partial charge on any atom is -0.379 e. The minimum absolute atomic E-state index is 0.184. The predicted octanol–water partition coefficient (Wildman–Crippen LogP) is 1.77. The number of carbonyl (C=O) groups excluding carboxylic acids is 1. The molecule has 2 N–H and O–H groups in total. The van der Waals surface area contributed by atoms with E-state index in [2.05, 4.69) is 15.2 Å². The van der Waals surface area contributed by atoms with Crippen molar-refractivity contribution in [2.45, 2.75) is 6.42 Å². The summed E-state index contributed by atoms with van der Waals surface area (Å²) in [5.41, 5.74) is 0.390. The van der Waals surface area contributed by atoms with Gasteiger partial charge in [-0.05, 0) is 19.0 Å². The maximum atomic E-state index is 11.8. The monoisotopic (exact) mass is 305 g/mol. The summed E-state index contributed by atoms with van der Waals surface area (Å²) in [4.78, 5) is 16.8. The van der Waals surface area contributed by atoms with Crippen molar-refractivity contribution in [1.82, 2.24) is 15.2 Å². The van der Waals surface area contributed by atoms with Crippen molar-refractivity contribution < 1.29 is 9.53 Å². The fourth-order valence-corrected chi connectivity index (χ4v) is 2.26. The molecule has 5 nitrogen and oxygen atoms in total. The number of morpholine rings is 1. The SMILES string of the molecule is O=C(NCCCN1CCOCC1)c1cc(Cl)c(Cl)[nH]1. The number of amides is 1. The van der Waals surface area contributed by atoms with Crippen LogP contribution in [0.4, 0.5) is 0 Å². The molecule has 0 atom stereocenters. The maximum Gasteiger partial charge on any atom is 0.267 e. The lowest BCUT2D eigenvalue weighted by molar-refractivity contribution is 0.0374. The van der Waals surface area contributed by atoms with Gasteiger partial charge in [0.1, 0.15) is 10.8 Å². The molecule has 0 aromatic carbocycles. The van der Waals surface area contributed by atoms with E-state index in [0.29, 0.717) is 22.4 Å². The Morgan fingerprint density at radius 1 is 1.42 bits per heavy atom. The van der Waals surface area contributed by atoms with Crippen molar-refractivity contribution in [2.75, 3.05) is 39.4 Å². The Kier molecular flexibility index (Phi) is 5.51. The van der Waals surface area contributed by atoms with Crippen LogP contribution in [0.2, 0.25) is 10.2 Å². The normalized spacial score (nSPS) is 16.5. The molecule has 1 aromatic heterocycles. The Morgan fingerprint density at radius 3 is 2.79 bits per heavy atom. The van der Waals surface area contributed by atoms with Crippen molar-refractivity contribution in [2.24, 2.45) is 0 Å². The van der Waals surface area contributed by atoms with Crippen molar-refractivity contribution in [1.29, 1.82) is 0 Å². The van der Waals surface area contributed by atoms with Crippen molar-refractivity contribution in [3.05, 3.63) is 21.9 Å². The smallest absolute Gasteiger partial charge is 0.267 e. The number of halogens is 2. The Hall–Kier alpha value is -0.750. The first-order valence-corrected chi connectivity index (χ1v) is 7.04. The molecule has 0 unspecified atom stereocenters. The quantitative estimate of drug-likeness (QED) is 0.815. The molecule has 2 heterocycles. The van der Waals surface area contributed by atoms with Crippen molar-refractivity contribution in [3.8, 4) is 0 Å². The number of carbonyl (C=O) groups is 1. The number of aromatic amines is 1. The molecule has 0 spiro atoms. The van der Waals surface area contributed by atoms with Crippen LogP contribution in [-0.2, 0) is 4.74 Å². The summed E-state index contributed by atoms with van der Waals surface area (Å²) < 4.78 is 5.28. The van der Waals surface area contributed by atoms with Gasteiger partial charge in [0.15, 0.2) is 0 Å². The molecule has 106 valence electrons. The van der Waals surface area contributed by atoms with Gasteiger partial charge in [0.2, 0.25) is 0 Å². The molecular formula is C12H17Cl2N3O2. The van der Waals surface area contributed by atoms with Gasteiger partial charge >= 0.3 is 0 Å². The van der Waals surface area contributed by atoms with E-state index < -0.39 is 0 Å². The summed E-state index contributed by atoms with van der Waals surface area (Å²) in [5, 5.41) is 3.49. The van der Waals surface area contributed by atoms with E-state index in [4.69, 9.17) is 27.9 Å². The van der Waals surface area contributed by atoms with Crippen LogP contribution in [0.1, 0.15) is 16.9 Å². The Morgan fingerprint density at radius 2 is 2.16 bits per heavy atom. The second-order valence-corrected chi connectivity index (χ2v) is 5.19. The lowest BCUT2D eigenvalue weighted by Gasteiger charge is -2.26. The zero-order valence-electron chi connectivity index (χ0n) is 10.5. The van der Waals surface area contributed by atoms with Gasteiger partial charge < -0.3 is 15.0 Å². The number of ether oxygens (including phenoxy) is 1. The fraction of sp³-hybridized carbons (Fsp3) is 0.583. The highest BCUT2D eigenvalue weighted by Crippen LogP contribution is 2.21.